The quantitative estimate of drug-likeness (QED) is 0.342. The minimum atomic E-state index is -0.200. The van der Waals surface area contributed by atoms with Gasteiger partial charge in [-0.25, -0.2) is 4.99 Å². The van der Waals surface area contributed by atoms with E-state index in [9.17, 15) is 5.11 Å². The Labute approximate surface area is 151 Å². The van der Waals surface area contributed by atoms with E-state index in [0.29, 0.717) is 26.3 Å². The summed E-state index contributed by atoms with van der Waals surface area (Å²) in [5, 5.41) is 15.9. The van der Waals surface area contributed by atoms with Crippen LogP contribution < -0.4 is 15.4 Å². The van der Waals surface area contributed by atoms with Crippen molar-refractivity contribution in [1.29, 1.82) is 0 Å². The van der Waals surface area contributed by atoms with E-state index in [1.54, 1.807) is 7.11 Å². The molecule has 0 bridgehead atoms. The molecule has 0 fully saturated rings. The molecule has 0 spiro atoms. The lowest BCUT2D eigenvalue weighted by Crippen LogP contribution is -2.43. The van der Waals surface area contributed by atoms with Gasteiger partial charge in [0.05, 0.1) is 13.2 Å². The minimum absolute atomic E-state index is 0.120. The van der Waals surface area contributed by atoms with Gasteiger partial charge < -0.3 is 25.2 Å². The summed E-state index contributed by atoms with van der Waals surface area (Å²) in [7, 11) is 1.66. The highest BCUT2D eigenvalue weighted by Gasteiger charge is 2.16. The molecule has 25 heavy (non-hydrogen) atoms. The first-order valence-corrected chi connectivity index (χ1v) is 8.76. The third-order valence-corrected chi connectivity index (χ3v) is 3.68. The molecular weight excluding hydrogens is 318 g/mol. The summed E-state index contributed by atoms with van der Waals surface area (Å²) >= 11 is 0. The van der Waals surface area contributed by atoms with Gasteiger partial charge in [0, 0.05) is 37.8 Å². The Morgan fingerprint density at radius 1 is 1.24 bits per heavy atom. The maximum atomic E-state index is 9.38. The maximum absolute atomic E-state index is 9.38. The molecule has 142 valence electrons. The molecule has 1 aromatic carbocycles. The second-order valence-electron chi connectivity index (χ2n) is 6.82. The molecule has 1 aromatic rings. The number of guanidine groups is 1. The molecule has 0 unspecified atom stereocenters. The van der Waals surface area contributed by atoms with Crippen LogP contribution in [0, 0.1) is 12.3 Å². The van der Waals surface area contributed by atoms with Gasteiger partial charge in [-0.2, -0.15) is 0 Å². The van der Waals surface area contributed by atoms with Crippen LogP contribution in [0.3, 0.4) is 0 Å². The predicted molar refractivity (Wildman–Crippen MR) is 102 cm³/mol. The van der Waals surface area contributed by atoms with E-state index in [2.05, 4.69) is 21.7 Å². The second-order valence-corrected chi connectivity index (χ2v) is 6.82. The standard InChI is InChI=1S/C19H33N3O3/c1-6-20-18(22-13-19(3,4)14-23)21-12-16-8-7-15(2)11-17(16)25-10-9-24-5/h7-8,11,23H,6,9-10,12-14H2,1-5H3,(H2,20,21,22). The first-order valence-electron chi connectivity index (χ1n) is 8.76. The van der Waals surface area contributed by atoms with Crippen molar-refractivity contribution in [2.45, 2.75) is 34.2 Å². The Bertz CT molecular complexity index is 545. The van der Waals surface area contributed by atoms with E-state index in [-0.39, 0.29) is 12.0 Å². The average molecular weight is 351 g/mol. The number of aryl methyl sites for hydroxylation is 1. The number of aliphatic imine (C=N–C) groups is 1. The van der Waals surface area contributed by atoms with Gasteiger partial charge in [-0.05, 0) is 25.5 Å². The van der Waals surface area contributed by atoms with Crippen molar-refractivity contribution >= 4 is 5.96 Å². The van der Waals surface area contributed by atoms with Crippen molar-refractivity contribution in [3.05, 3.63) is 29.3 Å². The zero-order valence-electron chi connectivity index (χ0n) is 16.2. The van der Waals surface area contributed by atoms with Crippen LogP contribution in [-0.4, -0.2) is 51.1 Å². The Kier molecular flexibility index (Phi) is 9.31. The minimum Gasteiger partial charge on any atom is -0.491 e. The van der Waals surface area contributed by atoms with E-state index in [1.165, 1.54) is 0 Å². The third kappa shape index (κ3) is 8.23. The van der Waals surface area contributed by atoms with Crippen molar-refractivity contribution in [2.75, 3.05) is 40.0 Å². The normalized spacial score (nSPS) is 12.2. The molecular formula is C19H33N3O3. The molecule has 0 saturated carbocycles. The van der Waals surface area contributed by atoms with Crippen LogP contribution in [0.15, 0.2) is 23.2 Å². The smallest absolute Gasteiger partial charge is 0.191 e. The first-order chi connectivity index (χ1) is 11.9. The van der Waals surface area contributed by atoms with Gasteiger partial charge in [-0.3, -0.25) is 0 Å². The molecule has 6 nitrogen and oxygen atoms in total. The summed E-state index contributed by atoms with van der Waals surface area (Å²) in [5.74, 6) is 1.57. The van der Waals surface area contributed by atoms with Crippen LogP contribution in [0.1, 0.15) is 31.9 Å². The lowest BCUT2D eigenvalue weighted by atomic mass is 9.95. The van der Waals surface area contributed by atoms with E-state index < -0.39 is 0 Å². The molecule has 0 aromatic heterocycles. The van der Waals surface area contributed by atoms with Crippen molar-refractivity contribution < 1.29 is 14.6 Å². The monoisotopic (exact) mass is 351 g/mol. The molecule has 0 atom stereocenters. The van der Waals surface area contributed by atoms with Gasteiger partial charge in [0.25, 0.3) is 0 Å². The van der Waals surface area contributed by atoms with E-state index in [4.69, 9.17) is 9.47 Å². The number of hydrogen-bond donors (Lipinski definition) is 3. The molecule has 0 amide bonds. The van der Waals surface area contributed by atoms with Crippen molar-refractivity contribution in [3.8, 4) is 5.75 Å². The number of rotatable bonds is 10. The highest BCUT2D eigenvalue weighted by molar-refractivity contribution is 5.79. The third-order valence-electron chi connectivity index (χ3n) is 3.68. The summed E-state index contributed by atoms with van der Waals surface area (Å²) in [6, 6.07) is 6.13. The zero-order chi connectivity index (χ0) is 18.7. The van der Waals surface area contributed by atoms with Crippen LogP contribution in [0.25, 0.3) is 0 Å². The van der Waals surface area contributed by atoms with Crippen LogP contribution in [0.4, 0.5) is 0 Å². The summed E-state index contributed by atoms with van der Waals surface area (Å²) in [5.41, 5.74) is 1.98. The number of hydrogen-bond acceptors (Lipinski definition) is 4. The number of nitrogens with one attached hydrogen (secondary N) is 2. The van der Waals surface area contributed by atoms with Crippen molar-refractivity contribution in [1.82, 2.24) is 10.6 Å². The second kappa shape index (κ2) is 10.9. The molecule has 0 aliphatic rings. The van der Waals surface area contributed by atoms with Gasteiger partial charge in [0.1, 0.15) is 12.4 Å². The summed E-state index contributed by atoms with van der Waals surface area (Å²) in [4.78, 5) is 4.64. The number of ether oxygens (including phenoxy) is 2. The molecule has 0 radical (unpaired) electrons. The maximum Gasteiger partial charge on any atom is 0.191 e. The zero-order valence-corrected chi connectivity index (χ0v) is 16.2. The van der Waals surface area contributed by atoms with Gasteiger partial charge in [-0.15, -0.1) is 0 Å². The number of aliphatic hydroxyl groups is 1. The predicted octanol–water partition coefficient (Wildman–Crippen LogP) is 2.09. The Hall–Kier alpha value is -1.79. The average Bonchev–Trinajstić information content (AvgIpc) is 2.59. The fourth-order valence-electron chi connectivity index (χ4n) is 2.05. The Morgan fingerprint density at radius 3 is 2.64 bits per heavy atom. The Morgan fingerprint density at radius 2 is 2.00 bits per heavy atom. The molecule has 0 aliphatic carbocycles. The lowest BCUT2D eigenvalue weighted by Gasteiger charge is -2.23. The lowest BCUT2D eigenvalue weighted by molar-refractivity contribution is 0.145. The van der Waals surface area contributed by atoms with Gasteiger partial charge >= 0.3 is 0 Å². The molecule has 0 heterocycles. The highest BCUT2D eigenvalue weighted by Crippen LogP contribution is 2.21. The van der Waals surface area contributed by atoms with Gasteiger partial charge in [0.15, 0.2) is 5.96 Å². The summed E-state index contributed by atoms with van der Waals surface area (Å²) in [6.07, 6.45) is 0. The van der Waals surface area contributed by atoms with Crippen LogP contribution >= 0.6 is 0 Å². The highest BCUT2D eigenvalue weighted by atomic mass is 16.5. The SMILES string of the molecule is CCNC(=NCc1ccc(C)cc1OCCOC)NCC(C)(C)CO. The molecule has 3 N–H and O–H groups in total. The van der Waals surface area contributed by atoms with Crippen molar-refractivity contribution in [3.63, 3.8) is 0 Å². The number of nitrogens with zero attached hydrogens (tertiary/aromatic N) is 1. The number of methoxy groups -OCH3 is 1. The van der Waals surface area contributed by atoms with E-state index in [0.717, 1.165) is 29.4 Å². The van der Waals surface area contributed by atoms with Crippen molar-refractivity contribution in [2.24, 2.45) is 10.4 Å². The molecule has 1 rings (SSSR count). The largest absolute Gasteiger partial charge is 0.491 e. The fraction of sp³-hybridized carbons (Fsp3) is 0.632. The molecule has 6 heteroatoms. The Balaban J connectivity index is 2.80. The fourth-order valence-corrected chi connectivity index (χ4v) is 2.05. The summed E-state index contributed by atoms with van der Waals surface area (Å²) < 4.78 is 10.9. The van der Waals surface area contributed by atoms with Gasteiger partial charge in [0.2, 0.25) is 0 Å². The molecule has 0 saturated heterocycles. The molecule has 0 aliphatic heterocycles. The summed E-state index contributed by atoms with van der Waals surface area (Å²) in [6.45, 7) is 11.2. The van der Waals surface area contributed by atoms with E-state index >= 15 is 0 Å². The van der Waals surface area contributed by atoms with Crippen LogP contribution in [-0.2, 0) is 11.3 Å². The van der Waals surface area contributed by atoms with Crippen LogP contribution in [0.2, 0.25) is 0 Å². The first kappa shape index (κ1) is 21.3. The van der Waals surface area contributed by atoms with Gasteiger partial charge in [-0.1, -0.05) is 26.0 Å². The number of benzene rings is 1. The van der Waals surface area contributed by atoms with Crippen LogP contribution in [0.5, 0.6) is 5.75 Å². The number of aliphatic hydroxyl groups excluding tert-OH is 1. The van der Waals surface area contributed by atoms with E-state index in [1.807, 2.05) is 39.8 Å². The topological polar surface area (TPSA) is 75.1 Å².